The normalized spacial score (nSPS) is 10.3. The molecule has 0 bridgehead atoms. The van der Waals surface area contributed by atoms with Gasteiger partial charge in [0.05, 0.1) is 5.75 Å². The largest absolute Gasteiger partial charge is 0.356 e. The number of hydrogen-bond acceptors (Lipinski definition) is 4. The summed E-state index contributed by atoms with van der Waals surface area (Å²) < 4.78 is 29.0. The van der Waals surface area contributed by atoms with Crippen molar-refractivity contribution in [3.8, 4) is 0 Å². The number of benzene rings is 2. The van der Waals surface area contributed by atoms with Gasteiger partial charge >= 0.3 is 0 Å². The van der Waals surface area contributed by atoms with Crippen molar-refractivity contribution in [3.63, 3.8) is 0 Å². The average Bonchev–Trinajstić information content (AvgIpc) is 2.66. The SMILES string of the molecule is C=C(CC)C(=O)NCCCS(=O)(=O)O.c1ccc(Nc2ccccc2)cc1. The van der Waals surface area contributed by atoms with Crippen molar-refractivity contribution in [1.82, 2.24) is 5.32 Å². The smallest absolute Gasteiger partial charge is 0.264 e. The molecule has 0 aromatic heterocycles. The second kappa shape index (κ2) is 11.9. The van der Waals surface area contributed by atoms with E-state index in [1.165, 1.54) is 0 Å². The molecule has 7 heteroatoms. The molecule has 0 atom stereocenters. The number of carbonyl (C=O) groups excluding carboxylic acids is 1. The molecule has 27 heavy (non-hydrogen) atoms. The van der Waals surface area contributed by atoms with E-state index in [1.807, 2.05) is 60.7 Å². The lowest BCUT2D eigenvalue weighted by atomic mass is 10.2. The van der Waals surface area contributed by atoms with Crippen LogP contribution in [0.5, 0.6) is 0 Å². The number of amides is 1. The summed E-state index contributed by atoms with van der Waals surface area (Å²) >= 11 is 0. The van der Waals surface area contributed by atoms with Crippen LogP contribution in [0.1, 0.15) is 19.8 Å². The van der Waals surface area contributed by atoms with E-state index in [2.05, 4.69) is 17.2 Å². The van der Waals surface area contributed by atoms with Crippen molar-refractivity contribution in [2.45, 2.75) is 19.8 Å². The molecule has 146 valence electrons. The number of nitrogens with one attached hydrogen (secondary N) is 2. The maximum absolute atomic E-state index is 11.1. The number of anilines is 2. The Bertz CT molecular complexity index is 769. The van der Waals surface area contributed by atoms with Crippen molar-refractivity contribution in [3.05, 3.63) is 72.8 Å². The van der Waals surface area contributed by atoms with Gasteiger partial charge in [0.2, 0.25) is 5.91 Å². The zero-order valence-corrected chi connectivity index (χ0v) is 16.2. The Labute approximate surface area is 161 Å². The van der Waals surface area contributed by atoms with E-state index < -0.39 is 10.1 Å². The maximum Gasteiger partial charge on any atom is 0.264 e. The number of hydrogen-bond donors (Lipinski definition) is 3. The van der Waals surface area contributed by atoms with Gasteiger partial charge in [-0.25, -0.2) is 0 Å². The molecule has 0 unspecified atom stereocenters. The molecule has 0 aliphatic rings. The fraction of sp³-hybridized carbons (Fsp3) is 0.250. The third-order valence-electron chi connectivity index (χ3n) is 3.45. The first kappa shape index (κ1) is 22.4. The lowest BCUT2D eigenvalue weighted by molar-refractivity contribution is -0.117. The van der Waals surface area contributed by atoms with E-state index in [-0.39, 0.29) is 24.6 Å². The zero-order valence-electron chi connectivity index (χ0n) is 15.4. The van der Waals surface area contributed by atoms with Gasteiger partial charge in [0, 0.05) is 23.5 Å². The molecule has 6 nitrogen and oxygen atoms in total. The van der Waals surface area contributed by atoms with Gasteiger partial charge in [-0.3, -0.25) is 9.35 Å². The van der Waals surface area contributed by atoms with Gasteiger partial charge in [-0.05, 0) is 37.1 Å². The summed E-state index contributed by atoms with van der Waals surface area (Å²) in [6.45, 7) is 5.55. The quantitative estimate of drug-likeness (QED) is 0.362. The maximum atomic E-state index is 11.1. The van der Waals surface area contributed by atoms with Crippen LogP contribution in [-0.2, 0) is 14.9 Å². The van der Waals surface area contributed by atoms with Gasteiger partial charge in [0.25, 0.3) is 10.1 Å². The van der Waals surface area contributed by atoms with Gasteiger partial charge in [-0.1, -0.05) is 49.9 Å². The van der Waals surface area contributed by atoms with Crippen molar-refractivity contribution < 1.29 is 17.8 Å². The molecular formula is C20H26N2O4S. The summed E-state index contributed by atoms with van der Waals surface area (Å²) in [5, 5.41) is 5.80. The van der Waals surface area contributed by atoms with E-state index in [9.17, 15) is 13.2 Å². The fourth-order valence-electron chi connectivity index (χ4n) is 1.95. The molecule has 0 saturated carbocycles. The molecular weight excluding hydrogens is 364 g/mol. The van der Waals surface area contributed by atoms with Crippen LogP contribution in [0, 0.1) is 0 Å². The van der Waals surface area contributed by atoms with Crippen LogP contribution >= 0.6 is 0 Å². The molecule has 3 N–H and O–H groups in total. The van der Waals surface area contributed by atoms with E-state index in [0.717, 1.165) is 11.4 Å². The Kier molecular flexibility index (Phi) is 9.85. The molecule has 2 rings (SSSR count). The molecule has 0 radical (unpaired) electrons. The summed E-state index contributed by atoms with van der Waals surface area (Å²) in [5.74, 6) is -0.617. The molecule has 1 amide bonds. The minimum Gasteiger partial charge on any atom is -0.356 e. The molecule has 0 heterocycles. The predicted octanol–water partition coefficient (Wildman–Crippen LogP) is 3.78. The minimum atomic E-state index is -3.92. The molecule has 0 aliphatic carbocycles. The van der Waals surface area contributed by atoms with Crippen LogP contribution in [0.2, 0.25) is 0 Å². The van der Waals surface area contributed by atoms with Crippen molar-refractivity contribution >= 4 is 27.4 Å². The molecule has 2 aromatic carbocycles. The molecule has 0 aliphatic heterocycles. The highest BCUT2D eigenvalue weighted by molar-refractivity contribution is 7.85. The Morgan fingerprint density at radius 2 is 1.48 bits per heavy atom. The van der Waals surface area contributed by atoms with Gasteiger partial charge in [0.1, 0.15) is 0 Å². The summed E-state index contributed by atoms with van der Waals surface area (Å²) in [7, 11) is -3.92. The van der Waals surface area contributed by atoms with Crippen LogP contribution in [0.25, 0.3) is 0 Å². The van der Waals surface area contributed by atoms with Crippen LogP contribution in [0.3, 0.4) is 0 Å². The van der Waals surface area contributed by atoms with Gasteiger partial charge in [-0.2, -0.15) is 8.42 Å². The van der Waals surface area contributed by atoms with Crippen LogP contribution in [0.15, 0.2) is 72.8 Å². The average molecular weight is 391 g/mol. The van der Waals surface area contributed by atoms with Crippen molar-refractivity contribution in [1.29, 1.82) is 0 Å². The highest BCUT2D eigenvalue weighted by Gasteiger charge is 2.06. The number of para-hydroxylation sites is 2. The first-order chi connectivity index (χ1) is 12.8. The van der Waals surface area contributed by atoms with E-state index in [0.29, 0.717) is 12.0 Å². The summed E-state index contributed by atoms with van der Waals surface area (Å²) in [6, 6.07) is 20.3. The summed E-state index contributed by atoms with van der Waals surface area (Å²) in [6.07, 6.45) is 0.756. The van der Waals surface area contributed by atoms with Crippen LogP contribution in [-0.4, -0.2) is 31.2 Å². The first-order valence-corrected chi connectivity index (χ1v) is 10.2. The second-order valence-electron chi connectivity index (χ2n) is 5.71. The summed E-state index contributed by atoms with van der Waals surface area (Å²) in [4.78, 5) is 11.1. The van der Waals surface area contributed by atoms with Crippen LogP contribution in [0.4, 0.5) is 11.4 Å². The number of carbonyl (C=O) groups is 1. The minimum absolute atomic E-state index is 0.196. The van der Waals surface area contributed by atoms with Crippen LogP contribution < -0.4 is 10.6 Å². The lowest BCUT2D eigenvalue weighted by Crippen LogP contribution is -2.26. The highest BCUT2D eigenvalue weighted by Crippen LogP contribution is 2.14. The third-order valence-corrected chi connectivity index (χ3v) is 4.25. The molecule has 0 saturated heterocycles. The topological polar surface area (TPSA) is 95.5 Å². The lowest BCUT2D eigenvalue weighted by Gasteiger charge is -2.04. The Morgan fingerprint density at radius 3 is 1.89 bits per heavy atom. The Morgan fingerprint density at radius 1 is 1.00 bits per heavy atom. The predicted molar refractivity (Wildman–Crippen MR) is 110 cm³/mol. The monoisotopic (exact) mass is 390 g/mol. The molecule has 2 aromatic rings. The highest BCUT2D eigenvalue weighted by atomic mass is 32.2. The van der Waals surface area contributed by atoms with Crippen molar-refractivity contribution in [2.75, 3.05) is 17.6 Å². The summed E-state index contributed by atoms with van der Waals surface area (Å²) in [5.41, 5.74) is 2.69. The first-order valence-electron chi connectivity index (χ1n) is 8.60. The number of rotatable bonds is 8. The van der Waals surface area contributed by atoms with E-state index in [4.69, 9.17) is 4.55 Å². The molecule has 0 spiro atoms. The van der Waals surface area contributed by atoms with Gasteiger partial charge in [0.15, 0.2) is 0 Å². The zero-order chi connectivity index (χ0) is 20.1. The van der Waals surface area contributed by atoms with Crippen molar-refractivity contribution in [2.24, 2.45) is 0 Å². The van der Waals surface area contributed by atoms with Gasteiger partial charge in [-0.15, -0.1) is 0 Å². The second-order valence-corrected chi connectivity index (χ2v) is 7.28. The van der Waals surface area contributed by atoms with Gasteiger partial charge < -0.3 is 10.6 Å². The van der Waals surface area contributed by atoms with E-state index >= 15 is 0 Å². The Hall–Kier alpha value is -2.64. The standard InChI is InChI=1S/C12H11N.C8H15NO4S/c1-3-7-11(8-4-1)13-12-9-5-2-6-10-12;1-3-7(2)8(10)9-5-4-6-14(11,12)13/h1-10,13H;2-6H2,1H3,(H,9,10)(H,11,12,13). The fourth-order valence-corrected chi connectivity index (χ4v) is 2.46. The molecule has 0 fully saturated rings. The Balaban J connectivity index is 0.000000270. The van der Waals surface area contributed by atoms with E-state index in [1.54, 1.807) is 6.92 Å². The third kappa shape index (κ3) is 10.8.